The summed E-state index contributed by atoms with van der Waals surface area (Å²) in [6.07, 6.45) is 1.99. The summed E-state index contributed by atoms with van der Waals surface area (Å²) in [6.45, 7) is 3.09. The van der Waals surface area contributed by atoms with Gasteiger partial charge in [-0.3, -0.25) is 4.79 Å². The zero-order valence-corrected chi connectivity index (χ0v) is 17.6. The van der Waals surface area contributed by atoms with Crippen LogP contribution in [0.4, 0.5) is 4.39 Å². The fourth-order valence-electron chi connectivity index (χ4n) is 3.67. The summed E-state index contributed by atoms with van der Waals surface area (Å²) < 4.78 is 46.7. The van der Waals surface area contributed by atoms with Gasteiger partial charge in [0, 0.05) is 13.1 Å². The normalized spacial score (nSPS) is 18.7. The van der Waals surface area contributed by atoms with Crippen molar-refractivity contribution in [2.75, 3.05) is 26.3 Å². The summed E-state index contributed by atoms with van der Waals surface area (Å²) in [5.41, 5.74) is 1.82. The fraction of sp³-hybridized carbons (Fsp3) is 0.409. The molecule has 0 bridgehead atoms. The molecular formula is C22H25FN2O4S. The molecule has 4 rings (SSSR count). The number of nitrogens with zero attached hydrogens (tertiary/aromatic N) is 1. The monoisotopic (exact) mass is 432 g/mol. The van der Waals surface area contributed by atoms with Gasteiger partial charge >= 0.3 is 0 Å². The van der Waals surface area contributed by atoms with Crippen LogP contribution in [0.1, 0.15) is 40.4 Å². The van der Waals surface area contributed by atoms with Gasteiger partial charge in [-0.05, 0) is 49.4 Å². The van der Waals surface area contributed by atoms with E-state index in [4.69, 9.17) is 4.74 Å². The number of halogens is 1. The third-order valence-electron chi connectivity index (χ3n) is 5.61. The highest BCUT2D eigenvalue weighted by atomic mass is 32.2. The molecule has 1 saturated carbocycles. The molecule has 6 nitrogen and oxygen atoms in total. The highest BCUT2D eigenvalue weighted by molar-refractivity contribution is 7.89. The molecule has 1 saturated heterocycles. The topological polar surface area (TPSA) is 75.7 Å². The lowest BCUT2D eigenvalue weighted by molar-refractivity contribution is 0.0730. The van der Waals surface area contributed by atoms with Crippen molar-refractivity contribution in [3.63, 3.8) is 0 Å². The maximum Gasteiger partial charge on any atom is 0.254 e. The summed E-state index contributed by atoms with van der Waals surface area (Å²) in [7, 11) is -3.82. The predicted octanol–water partition coefficient (Wildman–Crippen LogP) is 3.04. The Kier molecular flexibility index (Phi) is 5.90. The number of sulfonamides is 1. The number of benzene rings is 2. The quantitative estimate of drug-likeness (QED) is 0.761. The zero-order chi connectivity index (χ0) is 21.3. The fourth-order valence-corrected chi connectivity index (χ4v) is 5.11. The first-order chi connectivity index (χ1) is 14.4. The molecule has 0 radical (unpaired) electrons. The standard InChI is InChI=1S/C22H25FN2O4S/c1-15-2-4-16(5-3-15)21(17-6-7-17)24-22(26)19-14-18(8-9-20(19)23)30(27,28)25-10-12-29-13-11-25/h2-5,8-9,14,17,21H,6-7,10-13H2,1H3,(H,24,26). The minimum atomic E-state index is -3.82. The van der Waals surface area contributed by atoms with Crippen molar-refractivity contribution < 1.29 is 22.3 Å². The molecule has 1 heterocycles. The van der Waals surface area contributed by atoms with Crippen LogP contribution in [0.5, 0.6) is 0 Å². The number of nitrogens with one attached hydrogen (secondary N) is 1. The third kappa shape index (κ3) is 4.40. The van der Waals surface area contributed by atoms with Crippen LogP contribution in [0.15, 0.2) is 47.4 Å². The van der Waals surface area contributed by atoms with E-state index in [0.717, 1.165) is 36.1 Å². The molecule has 1 aliphatic heterocycles. The molecule has 1 amide bonds. The number of morpholine rings is 1. The van der Waals surface area contributed by atoms with Crippen LogP contribution in [-0.4, -0.2) is 44.9 Å². The number of hydrogen-bond acceptors (Lipinski definition) is 4. The van der Waals surface area contributed by atoms with Crippen molar-refractivity contribution in [2.45, 2.75) is 30.7 Å². The van der Waals surface area contributed by atoms with E-state index in [9.17, 15) is 17.6 Å². The van der Waals surface area contributed by atoms with E-state index in [1.165, 1.54) is 10.4 Å². The first-order valence-corrected chi connectivity index (χ1v) is 11.5. The van der Waals surface area contributed by atoms with E-state index in [1.54, 1.807) is 0 Å². The molecule has 2 aliphatic rings. The molecule has 2 fully saturated rings. The second-order valence-corrected chi connectivity index (χ2v) is 9.80. The molecule has 0 aromatic heterocycles. The molecular weight excluding hydrogens is 407 g/mol. The number of rotatable bonds is 6. The summed E-state index contributed by atoms with van der Waals surface area (Å²) in [6, 6.07) is 11.0. The van der Waals surface area contributed by atoms with Crippen molar-refractivity contribution in [3.8, 4) is 0 Å². The Morgan fingerprint density at radius 3 is 2.43 bits per heavy atom. The second kappa shape index (κ2) is 8.45. The van der Waals surface area contributed by atoms with E-state index >= 15 is 0 Å². The van der Waals surface area contributed by atoms with Crippen molar-refractivity contribution in [1.29, 1.82) is 0 Å². The highest BCUT2D eigenvalue weighted by Gasteiger charge is 2.34. The first kappa shape index (κ1) is 21.0. The molecule has 8 heteroatoms. The molecule has 2 aromatic carbocycles. The Hall–Kier alpha value is -2.29. The second-order valence-electron chi connectivity index (χ2n) is 7.86. The lowest BCUT2D eigenvalue weighted by Crippen LogP contribution is -2.40. The summed E-state index contributed by atoms with van der Waals surface area (Å²) in [5, 5.41) is 2.92. The van der Waals surface area contributed by atoms with Crippen LogP contribution in [0.25, 0.3) is 0 Å². The van der Waals surface area contributed by atoms with Crippen molar-refractivity contribution in [3.05, 3.63) is 65.0 Å². The lowest BCUT2D eigenvalue weighted by atomic mass is 10.0. The Bertz CT molecular complexity index is 1030. The van der Waals surface area contributed by atoms with Crippen LogP contribution >= 0.6 is 0 Å². The maximum atomic E-state index is 14.5. The van der Waals surface area contributed by atoms with Crippen molar-refractivity contribution >= 4 is 15.9 Å². The number of ether oxygens (including phenoxy) is 1. The van der Waals surface area contributed by atoms with Gasteiger partial charge in [-0.1, -0.05) is 29.8 Å². The van der Waals surface area contributed by atoms with Gasteiger partial charge in [0.1, 0.15) is 5.82 Å². The van der Waals surface area contributed by atoms with Gasteiger partial charge in [-0.15, -0.1) is 0 Å². The molecule has 1 unspecified atom stereocenters. The van der Waals surface area contributed by atoms with Crippen LogP contribution in [0, 0.1) is 18.7 Å². The van der Waals surface area contributed by atoms with Crippen molar-refractivity contribution in [1.82, 2.24) is 9.62 Å². The number of aryl methyl sites for hydroxylation is 1. The minimum absolute atomic E-state index is 0.0887. The Morgan fingerprint density at radius 2 is 1.80 bits per heavy atom. The number of carbonyl (C=O) groups excluding carboxylic acids is 1. The van der Waals surface area contributed by atoms with E-state index in [2.05, 4.69) is 5.32 Å². The smallest absolute Gasteiger partial charge is 0.254 e. The first-order valence-electron chi connectivity index (χ1n) is 10.1. The van der Waals surface area contributed by atoms with Gasteiger partial charge in [0.15, 0.2) is 0 Å². The van der Waals surface area contributed by atoms with E-state index in [0.29, 0.717) is 19.1 Å². The Balaban J connectivity index is 1.59. The van der Waals surface area contributed by atoms with Crippen LogP contribution in [0.2, 0.25) is 0 Å². The minimum Gasteiger partial charge on any atom is -0.379 e. The SMILES string of the molecule is Cc1ccc(C(NC(=O)c2cc(S(=O)(=O)N3CCOCC3)ccc2F)C2CC2)cc1. The molecule has 1 N–H and O–H groups in total. The average molecular weight is 433 g/mol. The van der Waals surface area contributed by atoms with Gasteiger partial charge in [0.2, 0.25) is 10.0 Å². The van der Waals surface area contributed by atoms with Crippen LogP contribution in [0.3, 0.4) is 0 Å². The molecule has 30 heavy (non-hydrogen) atoms. The molecule has 1 aliphatic carbocycles. The van der Waals surface area contributed by atoms with Crippen LogP contribution < -0.4 is 5.32 Å². The van der Waals surface area contributed by atoms with Gasteiger partial charge in [-0.2, -0.15) is 4.31 Å². The summed E-state index contributed by atoms with van der Waals surface area (Å²) >= 11 is 0. The molecule has 0 spiro atoms. The highest BCUT2D eigenvalue weighted by Crippen LogP contribution is 2.41. The number of hydrogen-bond donors (Lipinski definition) is 1. The predicted molar refractivity (Wildman–Crippen MR) is 110 cm³/mol. The van der Waals surface area contributed by atoms with Gasteiger partial charge in [0.05, 0.1) is 29.7 Å². The molecule has 1 atom stereocenters. The number of carbonyl (C=O) groups is 1. The average Bonchev–Trinajstić information content (AvgIpc) is 3.58. The van der Waals surface area contributed by atoms with Gasteiger partial charge < -0.3 is 10.1 Å². The molecule has 160 valence electrons. The zero-order valence-electron chi connectivity index (χ0n) is 16.8. The van der Waals surface area contributed by atoms with Crippen molar-refractivity contribution in [2.24, 2.45) is 5.92 Å². The Labute approximate surface area is 176 Å². The summed E-state index contributed by atoms with van der Waals surface area (Å²) in [5.74, 6) is -1.05. The third-order valence-corrected chi connectivity index (χ3v) is 7.50. The maximum absolute atomic E-state index is 14.5. The van der Waals surface area contributed by atoms with Gasteiger partial charge in [-0.25, -0.2) is 12.8 Å². The van der Waals surface area contributed by atoms with Crippen LogP contribution in [-0.2, 0) is 14.8 Å². The van der Waals surface area contributed by atoms with E-state index < -0.39 is 21.7 Å². The lowest BCUT2D eigenvalue weighted by Gasteiger charge is -2.26. The Morgan fingerprint density at radius 1 is 1.13 bits per heavy atom. The summed E-state index contributed by atoms with van der Waals surface area (Å²) in [4.78, 5) is 12.8. The number of amides is 1. The van der Waals surface area contributed by atoms with Gasteiger partial charge in [0.25, 0.3) is 5.91 Å². The molecule has 2 aromatic rings. The van der Waals surface area contributed by atoms with E-state index in [-0.39, 0.29) is 29.6 Å². The largest absolute Gasteiger partial charge is 0.379 e. The van der Waals surface area contributed by atoms with E-state index in [1.807, 2.05) is 31.2 Å².